The summed E-state index contributed by atoms with van der Waals surface area (Å²) in [6.45, 7) is 6.79. The quantitative estimate of drug-likeness (QED) is 0.154. The van der Waals surface area contributed by atoms with Gasteiger partial charge in [0.1, 0.15) is 5.75 Å². The second-order valence-corrected chi connectivity index (χ2v) is 14.1. The zero-order valence-corrected chi connectivity index (χ0v) is 28.3. The van der Waals surface area contributed by atoms with Crippen LogP contribution in [-0.2, 0) is 6.42 Å². The smallest absolute Gasteiger partial charge is 0.415 e. The molecular weight excluding hydrogens is 602 g/mol. The second-order valence-electron chi connectivity index (χ2n) is 14.1. The van der Waals surface area contributed by atoms with Gasteiger partial charge in [-0.1, -0.05) is 68.0 Å². The predicted octanol–water partition coefficient (Wildman–Crippen LogP) is 8.61. The SMILES string of the molecule is CCCN(CC1(O)CCC2c3ccc(cc3C(=O)c3ccco3)CC(O)CCC(C)=CCCC21C)C(=O)Oc1ccc2ccccc2c1. The molecule has 0 saturated heterocycles. The van der Waals surface area contributed by atoms with Gasteiger partial charge in [-0.05, 0) is 116 Å². The molecule has 2 N–H and O–H groups in total. The number of carbonyl (C=O) groups is 2. The molecule has 252 valence electrons. The Bertz CT molecular complexity index is 1790. The lowest BCUT2D eigenvalue weighted by molar-refractivity contribution is -0.0790. The third-order valence-electron chi connectivity index (χ3n) is 10.8. The number of aliphatic hydroxyl groups is 2. The van der Waals surface area contributed by atoms with Gasteiger partial charge in [-0.15, -0.1) is 0 Å². The van der Waals surface area contributed by atoms with Crippen molar-refractivity contribution in [3.05, 3.63) is 113 Å². The van der Waals surface area contributed by atoms with Crippen molar-refractivity contribution in [2.75, 3.05) is 13.1 Å². The fourth-order valence-corrected chi connectivity index (χ4v) is 7.95. The van der Waals surface area contributed by atoms with Crippen LogP contribution in [-0.4, -0.2) is 51.8 Å². The highest BCUT2D eigenvalue weighted by molar-refractivity contribution is 6.08. The number of nitrogens with zero attached hydrogens (tertiary/aromatic N) is 1. The molecule has 48 heavy (non-hydrogen) atoms. The fourth-order valence-electron chi connectivity index (χ4n) is 7.95. The summed E-state index contributed by atoms with van der Waals surface area (Å²) in [5.41, 5.74) is 1.59. The topological polar surface area (TPSA) is 100 Å². The van der Waals surface area contributed by atoms with E-state index in [9.17, 15) is 19.8 Å². The lowest BCUT2D eigenvalue weighted by Gasteiger charge is -2.46. The van der Waals surface area contributed by atoms with Crippen LogP contribution < -0.4 is 4.74 Å². The molecule has 3 aliphatic rings. The summed E-state index contributed by atoms with van der Waals surface area (Å²) in [5, 5.41) is 25.7. The number of furan rings is 1. The van der Waals surface area contributed by atoms with Gasteiger partial charge in [0.25, 0.3) is 0 Å². The van der Waals surface area contributed by atoms with Crippen LogP contribution in [0, 0.1) is 5.41 Å². The Hall–Kier alpha value is -4.20. The summed E-state index contributed by atoms with van der Waals surface area (Å²) in [6, 6.07) is 22.9. The molecule has 1 aromatic heterocycles. The summed E-state index contributed by atoms with van der Waals surface area (Å²) >= 11 is 0. The number of carbonyl (C=O) groups excluding carboxylic acids is 2. The molecule has 4 atom stereocenters. The van der Waals surface area contributed by atoms with E-state index in [0.717, 1.165) is 34.7 Å². The minimum Gasteiger partial charge on any atom is -0.461 e. The minimum atomic E-state index is -1.24. The number of ether oxygens (including phenoxy) is 1. The van der Waals surface area contributed by atoms with Crippen LogP contribution in [0.2, 0.25) is 0 Å². The first-order valence-corrected chi connectivity index (χ1v) is 17.3. The van der Waals surface area contributed by atoms with Gasteiger partial charge in [0, 0.05) is 17.5 Å². The Morgan fingerprint density at radius 3 is 2.58 bits per heavy atom. The molecule has 0 aliphatic heterocycles. The van der Waals surface area contributed by atoms with Gasteiger partial charge in [-0.3, -0.25) is 4.79 Å². The summed E-state index contributed by atoms with van der Waals surface area (Å²) in [5.74, 6) is 0.354. The summed E-state index contributed by atoms with van der Waals surface area (Å²) in [4.78, 5) is 29.3. The molecule has 3 aromatic carbocycles. The van der Waals surface area contributed by atoms with E-state index in [1.807, 2.05) is 61.5 Å². The summed E-state index contributed by atoms with van der Waals surface area (Å²) < 4.78 is 11.5. The number of allylic oxidation sites excluding steroid dienone is 2. The van der Waals surface area contributed by atoms with Crippen molar-refractivity contribution in [2.24, 2.45) is 5.41 Å². The number of amides is 1. The van der Waals surface area contributed by atoms with E-state index in [2.05, 4.69) is 19.9 Å². The number of fused-ring (bicyclic) bond motifs is 9. The maximum Gasteiger partial charge on any atom is 0.415 e. The van der Waals surface area contributed by atoms with Crippen molar-refractivity contribution < 1.29 is 29.0 Å². The molecule has 1 amide bonds. The van der Waals surface area contributed by atoms with E-state index >= 15 is 0 Å². The number of ketones is 1. The first-order chi connectivity index (χ1) is 23.1. The van der Waals surface area contributed by atoms with Gasteiger partial charge >= 0.3 is 6.09 Å². The molecule has 7 nitrogen and oxygen atoms in total. The van der Waals surface area contributed by atoms with Crippen molar-refractivity contribution in [3.63, 3.8) is 0 Å². The third kappa shape index (κ3) is 6.85. The molecule has 0 spiro atoms. The molecule has 1 heterocycles. The lowest BCUT2D eigenvalue weighted by Crippen LogP contribution is -2.54. The first-order valence-electron chi connectivity index (χ1n) is 17.3. The minimum absolute atomic E-state index is 0.120. The average molecular weight is 650 g/mol. The van der Waals surface area contributed by atoms with Crippen molar-refractivity contribution in [1.29, 1.82) is 0 Å². The zero-order chi connectivity index (χ0) is 33.9. The van der Waals surface area contributed by atoms with Crippen LogP contribution in [0.25, 0.3) is 10.8 Å². The number of rotatable bonds is 7. The largest absolute Gasteiger partial charge is 0.461 e. The van der Waals surface area contributed by atoms with Crippen LogP contribution in [0.15, 0.2) is 95.1 Å². The Kier molecular flexibility index (Phi) is 9.90. The molecule has 0 radical (unpaired) electrons. The van der Waals surface area contributed by atoms with Crippen molar-refractivity contribution in [2.45, 2.75) is 89.8 Å². The Morgan fingerprint density at radius 1 is 1.00 bits per heavy atom. The monoisotopic (exact) mass is 649 g/mol. The predicted molar refractivity (Wildman–Crippen MR) is 187 cm³/mol. The standard InChI is InChI=1S/C41H47NO6/c1-4-22-42(39(45)48-33-17-15-30-10-5-6-11-31(30)26-33)27-41(46)21-19-36-34-18-14-29(25-35(34)38(44)37-12-8-23-47-37)24-32(43)16-13-28(2)9-7-20-40(36,41)3/h5-6,8-12,14-15,17-18,23,25-26,32,36,43,46H,4,7,13,16,19-22,24,27H2,1-3H3. The molecule has 4 unspecified atom stereocenters. The number of benzene rings is 3. The van der Waals surface area contributed by atoms with Crippen molar-refractivity contribution in [3.8, 4) is 5.75 Å². The highest BCUT2D eigenvalue weighted by Crippen LogP contribution is 2.59. The van der Waals surface area contributed by atoms with Crippen LogP contribution in [0.3, 0.4) is 0 Å². The van der Waals surface area contributed by atoms with Gasteiger partial charge in [0.15, 0.2) is 5.76 Å². The molecule has 1 saturated carbocycles. The van der Waals surface area contributed by atoms with Gasteiger partial charge in [-0.2, -0.15) is 0 Å². The molecular formula is C41H47NO6. The van der Waals surface area contributed by atoms with Gasteiger partial charge in [0.05, 0.1) is 24.5 Å². The van der Waals surface area contributed by atoms with Gasteiger partial charge in [-0.25, -0.2) is 4.79 Å². The summed E-state index contributed by atoms with van der Waals surface area (Å²) in [7, 11) is 0. The normalized spacial score (nSPS) is 24.5. The Labute approximate surface area is 283 Å². The maximum atomic E-state index is 13.9. The molecule has 7 rings (SSSR count). The number of hydrogen-bond donors (Lipinski definition) is 2. The van der Waals surface area contributed by atoms with Crippen LogP contribution >= 0.6 is 0 Å². The van der Waals surface area contributed by atoms with Crippen LogP contribution in [0.1, 0.15) is 98.9 Å². The highest BCUT2D eigenvalue weighted by Gasteiger charge is 2.57. The van der Waals surface area contributed by atoms with E-state index in [1.165, 1.54) is 11.8 Å². The van der Waals surface area contributed by atoms with Crippen LogP contribution in [0.4, 0.5) is 4.79 Å². The average Bonchev–Trinajstić information content (AvgIpc) is 3.70. The molecule has 2 bridgehead atoms. The van der Waals surface area contributed by atoms with Crippen LogP contribution in [0.5, 0.6) is 5.75 Å². The molecule has 7 heteroatoms. The van der Waals surface area contributed by atoms with Crippen molar-refractivity contribution in [1.82, 2.24) is 4.90 Å². The Balaban J connectivity index is 1.36. The van der Waals surface area contributed by atoms with E-state index in [0.29, 0.717) is 56.4 Å². The fraction of sp³-hybridized carbons (Fsp3) is 0.415. The van der Waals surface area contributed by atoms with E-state index in [4.69, 9.17) is 9.15 Å². The highest BCUT2D eigenvalue weighted by atomic mass is 16.6. The van der Waals surface area contributed by atoms with Gasteiger partial charge < -0.3 is 24.3 Å². The van der Waals surface area contributed by atoms with Crippen molar-refractivity contribution >= 4 is 22.6 Å². The lowest BCUT2D eigenvalue weighted by atomic mass is 9.64. The maximum absolute atomic E-state index is 13.9. The number of aliphatic hydroxyl groups excluding tert-OH is 1. The summed E-state index contributed by atoms with van der Waals surface area (Å²) in [6.07, 6.45) is 7.76. The molecule has 3 aliphatic carbocycles. The van der Waals surface area contributed by atoms with E-state index < -0.39 is 23.2 Å². The zero-order valence-electron chi connectivity index (χ0n) is 28.3. The third-order valence-corrected chi connectivity index (χ3v) is 10.8. The molecule has 1 fully saturated rings. The number of hydrogen-bond acceptors (Lipinski definition) is 6. The van der Waals surface area contributed by atoms with E-state index in [1.54, 1.807) is 23.1 Å². The van der Waals surface area contributed by atoms with E-state index in [-0.39, 0.29) is 24.0 Å². The second kappa shape index (κ2) is 14.1. The molecule has 4 aromatic rings. The Morgan fingerprint density at radius 2 is 1.81 bits per heavy atom. The van der Waals surface area contributed by atoms with Gasteiger partial charge in [0.2, 0.25) is 5.78 Å². The first kappa shape index (κ1) is 33.7.